The highest BCUT2D eigenvalue weighted by molar-refractivity contribution is 7.98. The van der Waals surface area contributed by atoms with Crippen molar-refractivity contribution < 1.29 is 22.6 Å². The van der Waals surface area contributed by atoms with Crippen molar-refractivity contribution in [2.75, 3.05) is 20.5 Å². The molecule has 0 bridgehead atoms. The van der Waals surface area contributed by atoms with Crippen LogP contribution in [0.1, 0.15) is 17.7 Å². The maximum absolute atomic E-state index is 14.4. The van der Waals surface area contributed by atoms with E-state index < -0.39 is 23.5 Å². The Hall–Kier alpha value is -3.01. The van der Waals surface area contributed by atoms with Crippen molar-refractivity contribution in [3.63, 3.8) is 0 Å². The molecule has 0 aliphatic heterocycles. The van der Waals surface area contributed by atoms with Crippen molar-refractivity contribution in [1.29, 1.82) is 0 Å². The van der Waals surface area contributed by atoms with Crippen LogP contribution < -0.4 is 15.0 Å². The van der Waals surface area contributed by atoms with E-state index in [-0.39, 0.29) is 23.0 Å². The number of halogens is 3. The maximum Gasteiger partial charge on any atom is 0.286 e. The summed E-state index contributed by atoms with van der Waals surface area (Å²) in [6.45, 7) is 0.0338. The standard InChI is InChI=1S/C20H18F3N3O3S/c1-28-16-5-4-11(6-17(16)29-2)9-26-10-12(7-13(21)19(26)27)14-8-15(18(22)23)25-20(24-14)30-3/h4-8,10,18H,9H2,1-3H3. The Morgan fingerprint density at radius 1 is 1.10 bits per heavy atom. The van der Waals surface area contributed by atoms with Crippen molar-refractivity contribution >= 4 is 11.8 Å². The Balaban J connectivity index is 2.06. The van der Waals surface area contributed by atoms with Crippen LogP contribution >= 0.6 is 11.8 Å². The van der Waals surface area contributed by atoms with Crippen LogP contribution in [0.2, 0.25) is 0 Å². The highest BCUT2D eigenvalue weighted by Crippen LogP contribution is 2.28. The molecule has 3 aromatic rings. The van der Waals surface area contributed by atoms with Gasteiger partial charge in [-0.2, -0.15) is 0 Å². The third-order valence-electron chi connectivity index (χ3n) is 4.27. The summed E-state index contributed by atoms with van der Waals surface area (Å²) in [4.78, 5) is 20.2. The number of pyridine rings is 1. The molecule has 0 radical (unpaired) electrons. The summed E-state index contributed by atoms with van der Waals surface area (Å²) in [5.41, 5.74) is -0.368. The van der Waals surface area contributed by atoms with Gasteiger partial charge in [0.1, 0.15) is 5.69 Å². The van der Waals surface area contributed by atoms with E-state index in [1.807, 2.05) is 0 Å². The van der Waals surface area contributed by atoms with E-state index in [0.717, 1.165) is 28.5 Å². The lowest BCUT2D eigenvalue weighted by atomic mass is 10.1. The van der Waals surface area contributed by atoms with Gasteiger partial charge in [-0.3, -0.25) is 4.79 Å². The molecule has 0 saturated heterocycles. The molecule has 2 heterocycles. The number of nitrogens with zero attached hydrogens (tertiary/aromatic N) is 3. The van der Waals surface area contributed by atoms with Gasteiger partial charge < -0.3 is 14.0 Å². The van der Waals surface area contributed by atoms with E-state index in [1.54, 1.807) is 24.5 Å². The van der Waals surface area contributed by atoms with Crippen molar-refractivity contribution in [3.8, 4) is 22.8 Å². The van der Waals surface area contributed by atoms with Gasteiger partial charge in [-0.1, -0.05) is 17.8 Å². The summed E-state index contributed by atoms with van der Waals surface area (Å²) in [5.74, 6) is -0.0452. The number of alkyl halides is 2. The van der Waals surface area contributed by atoms with Gasteiger partial charge in [0, 0.05) is 11.8 Å². The Morgan fingerprint density at radius 3 is 2.47 bits per heavy atom. The summed E-state index contributed by atoms with van der Waals surface area (Å²) >= 11 is 1.09. The van der Waals surface area contributed by atoms with Gasteiger partial charge in [-0.05, 0) is 36.1 Å². The van der Waals surface area contributed by atoms with E-state index in [2.05, 4.69) is 9.97 Å². The number of hydrogen-bond acceptors (Lipinski definition) is 6. The predicted molar refractivity (Wildman–Crippen MR) is 107 cm³/mol. The lowest BCUT2D eigenvalue weighted by Crippen LogP contribution is -2.23. The largest absolute Gasteiger partial charge is 0.493 e. The summed E-state index contributed by atoms with van der Waals surface area (Å²) in [6.07, 6.45) is 0.219. The second kappa shape index (κ2) is 9.21. The first-order valence-electron chi connectivity index (χ1n) is 8.68. The normalized spacial score (nSPS) is 11.0. The summed E-state index contributed by atoms with van der Waals surface area (Å²) in [5, 5.41) is 0.126. The molecule has 0 saturated carbocycles. The molecule has 3 rings (SSSR count). The monoisotopic (exact) mass is 437 g/mol. The van der Waals surface area contributed by atoms with Gasteiger partial charge in [0.15, 0.2) is 22.5 Å². The zero-order chi connectivity index (χ0) is 21.8. The fraction of sp³-hybridized carbons (Fsp3) is 0.250. The third-order valence-corrected chi connectivity index (χ3v) is 4.82. The molecule has 0 aliphatic rings. The quantitative estimate of drug-likeness (QED) is 0.408. The molecular weight excluding hydrogens is 419 g/mol. The fourth-order valence-electron chi connectivity index (χ4n) is 2.83. The maximum atomic E-state index is 14.4. The number of ether oxygens (including phenoxy) is 2. The molecule has 0 fully saturated rings. The minimum absolute atomic E-state index is 0.0338. The molecule has 10 heteroatoms. The highest BCUT2D eigenvalue weighted by Gasteiger charge is 2.16. The van der Waals surface area contributed by atoms with Crippen LogP contribution in [0.15, 0.2) is 46.5 Å². The minimum Gasteiger partial charge on any atom is -0.493 e. The van der Waals surface area contributed by atoms with Crippen LogP contribution in [-0.4, -0.2) is 35.0 Å². The number of benzene rings is 1. The number of hydrogen-bond donors (Lipinski definition) is 0. The second-order valence-corrected chi connectivity index (χ2v) is 6.94. The van der Waals surface area contributed by atoms with Crippen LogP contribution in [0.4, 0.5) is 13.2 Å². The molecule has 158 valence electrons. The Kier molecular flexibility index (Phi) is 6.66. The molecule has 6 nitrogen and oxygen atoms in total. The molecule has 30 heavy (non-hydrogen) atoms. The molecule has 0 atom stereocenters. The van der Waals surface area contributed by atoms with E-state index in [1.165, 1.54) is 20.4 Å². The van der Waals surface area contributed by atoms with Gasteiger partial charge >= 0.3 is 0 Å². The Labute approximate surface area is 174 Å². The van der Waals surface area contributed by atoms with E-state index in [9.17, 15) is 18.0 Å². The molecule has 0 spiro atoms. The highest BCUT2D eigenvalue weighted by atomic mass is 32.2. The zero-order valence-electron chi connectivity index (χ0n) is 16.4. The average molecular weight is 437 g/mol. The lowest BCUT2D eigenvalue weighted by molar-refractivity contribution is 0.145. The number of methoxy groups -OCH3 is 2. The third kappa shape index (κ3) is 4.59. The van der Waals surface area contributed by atoms with Crippen LogP contribution in [0.3, 0.4) is 0 Å². The van der Waals surface area contributed by atoms with Crippen molar-refractivity contribution in [2.45, 2.75) is 18.1 Å². The summed E-state index contributed by atoms with van der Waals surface area (Å²) in [6, 6.07) is 7.12. The number of aromatic nitrogens is 3. The van der Waals surface area contributed by atoms with Crippen molar-refractivity contribution in [1.82, 2.24) is 14.5 Å². The average Bonchev–Trinajstić information content (AvgIpc) is 2.76. The SMILES string of the molecule is COc1ccc(Cn2cc(-c3cc(C(F)F)nc(SC)n3)cc(F)c2=O)cc1OC. The fourth-order valence-corrected chi connectivity index (χ4v) is 3.21. The van der Waals surface area contributed by atoms with Crippen LogP contribution in [0.25, 0.3) is 11.3 Å². The predicted octanol–water partition coefficient (Wildman–Crippen LogP) is 4.17. The molecular formula is C20H18F3N3O3S. The first-order valence-corrected chi connectivity index (χ1v) is 9.91. The topological polar surface area (TPSA) is 66.2 Å². The van der Waals surface area contributed by atoms with E-state index in [4.69, 9.17) is 9.47 Å². The molecule has 1 aromatic carbocycles. The molecule has 2 aromatic heterocycles. The van der Waals surface area contributed by atoms with Crippen molar-refractivity contribution in [2.24, 2.45) is 0 Å². The molecule has 0 amide bonds. The van der Waals surface area contributed by atoms with Crippen LogP contribution in [0, 0.1) is 5.82 Å². The van der Waals surface area contributed by atoms with E-state index >= 15 is 0 Å². The van der Waals surface area contributed by atoms with Gasteiger partial charge in [-0.15, -0.1) is 0 Å². The summed E-state index contributed by atoms with van der Waals surface area (Å²) < 4.78 is 52.3. The zero-order valence-corrected chi connectivity index (χ0v) is 17.2. The molecule has 0 aliphatic carbocycles. The van der Waals surface area contributed by atoms with Crippen LogP contribution in [-0.2, 0) is 6.54 Å². The second-order valence-electron chi connectivity index (χ2n) is 6.16. The van der Waals surface area contributed by atoms with Crippen LogP contribution in [0.5, 0.6) is 11.5 Å². The Bertz CT molecular complexity index is 1120. The first-order chi connectivity index (χ1) is 14.4. The van der Waals surface area contributed by atoms with Crippen molar-refractivity contribution in [3.05, 3.63) is 64.0 Å². The van der Waals surface area contributed by atoms with Gasteiger partial charge in [-0.25, -0.2) is 23.1 Å². The van der Waals surface area contributed by atoms with Gasteiger partial charge in [0.05, 0.1) is 26.5 Å². The van der Waals surface area contributed by atoms with Gasteiger partial charge in [0.25, 0.3) is 12.0 Å². The molecule has 0 unspecified atom stereocenters. The molecule has 0 N–H and O–H groups in total. The number of rotatable bonds is 7. The van der Waals surface area contributed by atoms with E-state index in [0.29, 0.717) is 17.1 Å². The minimum atomic E-state index is -2.81. The Morgan fingerprint density at radius 2 is 1.83 bits per heavy atom. The summed E-state index contributed by atoms with van der Waals surface area (Å²) in [7, 11) is 2.98. The smallest absolute Gasteiger partial charge is 0.286 e. The first kappa shape index (κ1) is 21.7. The lowest BCUT2D eigenvalue weighted by Gasteiger charge is -2.12. The number of thioether (sulfide) groups is 1. The van der Waals surface area contributed by atoms with Gasteiger partial charge in [0.2, 0.25) is 0 Å².